The minimum atomic E-state index is -0.165. The molecule has 2 nitrogen and oxygen atoms in total. The molecule has 0 fully saturated rings. The van der Waals surface area contributed by atoms with E-state index < -0.39 is 0 Å². The monoisotopic (exact) mass is 193 g/mol. The maximum absolute atomic E-state index is 10.6. The van der Waals surface area contributed by atoms with Gasteiger partial charge in [0.1, 0.15) is 0 Å². The standard InChI is InChI=1S/C9H19NO.ClH/c1-3-4-5-6-7-8(2)9(10)11;/h8H,3-7H2,1-2H3,(H2,10,11);1H. The van der Waals surface area contributed by atoms with Crippen molar-refractivity contribution in [1.82, 2.24) is 0 Å². The molecule has 0 bridgehead atoms. The molecule has 2 N–H and O–H groups in total. The van der Waals surface area contributed by atoms with Crippen molar-refractivity contribution in [2.75, 3.05) is 0 Å². The van der Waals surface area contributed by atoms with Crippen LogP contribution in [0.3, 0.4) is 0 Å². The molecule has 1 amide bonds. The molecule has 0 aliphatic carbocycles. The van der Waals surface area contributed by atoms with Gasteiger partial charge >= 0.3 is 0 Å². The van der Waals surface area contributed by atoms with Crippen LogP contribution in [0.5, 0.6) is 0 Å². The van der Waals surface area contributed by atoms with Gasteiger partial charge in [-0.25, -0.2) is 0 Å². The molecule has 0 spiro atoms. The molecule has 74 valence electrons. The second-order valence-electron chi connectivity index (χ2n) is 3.15. The molecule has 0 aliphatic heterocycles. The van der Waals surface area contributed by atoms with Crippen molar-refractivity contribution in [2.45, 2.75) is 46.0 Å². The topological polar surface area (TPSA) is 43.1 Å². The summed E-state index contributed by atoms with van der Waals surface area (Å²) in [7, 11) is 0. The summed E-state index contributed by atoms with van der Waals surface area (Å²) < 4.78 is 0. The van der Waals surface area contributed by atoms with E-state index in [2.05, 4.69) is 6.92 Å². The first-order valence-corrected chi connectivity index (χ1v) is 4.47. The van der Waals surface area contributed by atoms with Gasteiger partial charge in [0, 0.05) is 5.92 Å². The summed E-state index contributed by atoms with van der Waals surface area (Å²) in [6.45, 7) is 4.08. The van der Waals surface area contributed by atoms with Gasteiger partial charge in [-0.05, 0) is 6.42 Å². The lowest BCUT2D eigenvalue weighted by molar-refractivity contribution is -0.121. The van der Waals surface area contributed by atoms with Crippen LogP contribution in [-0.4, -0.2) is 5.91 Å². The lowest BCUT2D eigenvalue weighted by atomic mass is 10.0. The number of nitrogens with two attached hydrogens (primary N) is 1. The van der Waals surface area contributed by atoms with Gasteiger partial charge in [-0.1, -0.05) is 39.5 Å². The fourth-order valence-corrected chi connectivity index (χ4v) is 1.02. The highest BCUT2D eigenvalue weighted by Crippen LogP contribution is 2.09. The molecule has 1 unspecified atom stereocenters. The van der Waals surface area contributed by atoms with Crippen LogP contribution in [0.4, 0.5) is 0 Å². The number of hydrogen-bond donors (Lipinski definition) is 1. The molecular formula is C9H20ClNO. The van der Waals surface area contributed by atoms with Gasteiger partial charge in [-0.15, -0.1) is 12.4 Å². The van der Waals surface area contributed by atoms with Crippen LogP contribution in [0.1, 0.15) is 46.0 Å². The summed E-state index contributed by atoms with van der Waals surface area (Å²) in [6, 6.07) is 0. The Hall–Kier alpha value is -0.240. The molecule has 0 aromatic heterocycles. The van der Waals surface area contributed by atoms with Crippen molar-refractivity contribution in [3.05, 3.63) is 0 Å². The third kappa shape index (κ3) is 7.86. The van der Waals surface area contributed by atoms with Crippen molar-refractivity contribution >= 4 is 18.3 Å². The Balaban J connectivity index is 0. The lowest BCUT2D eigenvalue weighted by Gasteiger charge is -2.05. The van der Waals surface area contributed by atoms with Crippen LogP contribution in [0.15, 0.2) is 0 Å². The predicted molar refractivity (Wildman–Crippen MR) is 54.4 cm³/mol. The Labute approximate surface area is 81.3 Å². The normalized spacial score (nSPS) is 11.8. The highest BCUT2D eigenvalue weighted by atomic mass is 35.5. The Morgan fingerprint density at radius 3 is 2.33 bits per heavy atom. The number of amides is 1. The Bertz CT molecular complexity index is 117. The Morgan fingerprint density at radius 2 is 1.92 bits per heavy atom. The fraction of sp³-hybridized carbons (Fsp3) is 0.889. The van der Waals surface area contributed by atoms with Gasteiger partial charge in [0.05, 0.1) is 0 Å². The molecule has 0 heterocycles. The molecule has 1 atom stereocenters. The van der Waals surface area contributed by atoms with Crippen LogP contribution < -0.4 is 5.73 Å². The zero-order valence-electron chi connectivity index (χ0n) is 8.01. The predicted octanol–water partition coefficient (Wildman–Crippen LogP) is 2.50. The van der Waals surface area contributed by atoms with Gasteiger partial charge < -0.3 is 5.73 Å². The third-order valence-corrected chi connectivity index (χ3v) is 1.98. The van der Waals surface area contributed by atoms with E-state index in [1.165, 1.54) is 19.3 Å². The maximum Gasteiger partial charge on any atom is 0.220 e. The number of carbonyl (C=O) groups is 1. The number of primary amides is 1. The van der Waals surface area contributed by atoms with Crippen molar-refractivity contribution in [3.63, 3.8) is 0 Å². The van der Waals surface area contributed by atoms with E-state index in [-0.39, 0.29) is 24.2 Å². The highest BCUT2D eigenvalue weighted by molar-refractivity contribution is 5.85. The molecule has 0 radical (unpaired) electrons. The summed E-state index contributed by atoms with van der Waals surface area (Å²) in [5, 5.41) is 0. The number of hydrogen-bond acceptors (Lipinski definition) is 1. The molecule has 0 aromatic carbocycles. The van der Waals surface area contributed by atoms with Crippen LogP contribution in [0, 0.1) is 5.92 Å². The van der Waals surface area contributed by atoms with Gasteiger partial charge in [0.25, 0.3) is 0 Å². The SMILES string of the molecule is CCCCCCC(C)C(N)=O.Cl. The smallest absolute Gasteiger partial charge is 0.220 e. The fourth-order valence-electron chi connectivity index (χ4n) is 1.02. The van der Waals surface area contributed by atoms with Gasteiger partial charge in [-0.3, -0.25) is 4.79 Å². The Morgan fingerprint density at radius 1 is 1.33 bits per heavy atom. The minimum Gasteiger partial charge on any atom is -0.369 e. The Kier molecular flexibility index (Phi) is 10.5. The molecule has 0 rings (SSSR count). The van der Waals surface area contributed by atoms with E-state index in [4.69, 9.17) is 5.73 Å². The molecular weight excluding hydrogens is 174 g/mol. The van der Waals surface area contributed by atoms with Crippen LogP contribution >= 0.6 is 12.4 Å². The quantitative estimate of drug-likeness (QED) is 0.648. The third-order valence-electron chi connectivity index (χ3n) is 1.98. The van der Waals surface area contributed by atoms with Gasteiger partial charge in [-0.2, -0.15) is 0 Å². The summed E-state index contributed by atoms with van der Waals surface area (Å²) >= 11 is 0. The molecule has 0 saturated heterocycles. The highest BCUT2D eigenvalue weighted by Gasteiger charge is 2.06. The summed E-state index contributed by atoms with van der Waals surface area (Å²) in [6.07, 6.45) is 5.83. The average Bonchev–Trinajstić information content (AvgIpc) is 1.97. The first kappa shape index (κ1) is 14.3. The zero-order valence-corrected chi connectivity index (χ0v) is 8.82. The molecule has 0 saturated carbocycles. The number of carbonyl (C=O) groups excluding carboxylic acids is 1. The van der Waals surface area contributed by atoms with E-state index in [1.807, 2.05) is 6.92 Å². The second kappa shape index (κ2) is 8.85. The van der Waals surface area contributed by atoms with Crippen molar-refractivity contribution < 1.29 is 4.79 Å². The summed E-state index contributed by atoms with van der Waals surface area (Å²) in [4.78, 5) is 10.6. The summed E-state index contributed by atoms with van der Waals surface area (Å²) in [5.74, 6) is -0.103. The van der Waals surface area contributed by atoms with E-state index >= 15 is 0 Å². The number of rotatable bonds is 6. The zero-order chi connectivity index (χ0) is 8.69. The summed E-state index contributed by atoms with van der Waals surface area (Å²) in [5.41, 5.74) is 5.11. The van der Waals surface area contributed by atoms with E-state index in [1.54, 1.807) is 0 Å². The number of unbranched alkanes of at least 4 members (excludes halogenated alkanes) is 3. The molecule has 3 heteroatoms. The first-order chi connectivity index (χ1) is 5.18. The van der Waals surface area contributed by atoms with E-state index in [0.717, 1.165) is 12.8 Å². The molecule has 12 heavy (non-hydrogen) atoms. The first-order valence-electron chi connectivity index (χ1n) is 4.47. The van der Waals surface area contributed by atoms with Gasteiger partial charge in [0.15, 0.2) is 0 Å². The van der Waals surface area contributed by atoms with Crippen LogP contribution in [-0.2, 0) is 4.79 Å². The maximum atomic E-state index is 10.6. The lowest BCUT2D eigenvalue weighted by Crippen LogP contribution is -2.20. The van der Waals surface area contributed by atoms with Crippen LogP contribution in [0.2, 0.25) is 0 Å². The van der Waals surface area contributed by atoms with Crippen molar-refractivity contribution in [2.24, 2.45) is 11.7 Å². The van der Waals surface area contributed by atoms with Crippen LogP contribution in [0.25, 0.3) is 0 Å². The van der Waals surface area contributed by atoms with E-state index in [0.29, 0.717) is 0 Å². The van der Waals surface area contributed by atoms with Crippen molar-refractivity contribution in [1.29, 1.82) is 0 Å². The van der Waals surface area contributed by atoms with Crippen molar-refractivity contribution in [3.8, 4) is 0 Å². The van der Waals surface area contributed by atoms with E-state index in [9.17, 15) is 4.79 Å². The van der Waals surface area contributed by atoms with Gasteiger partial charge in [0.2, 0.25) is 5.91 Å². The molecule has 0 aromatic rings. The number of halogens is 1. The minimum absolute atomic E-state index is 0. The average molecular weight is 194 g/mol. The largest absolute Gasteiger partial charge is 0.369 e. The second-order valence-corrected chi connectivity index (χ2v) is 3.15. The molecule has 0 aliphatic rings.